The second kappa shape index (κ2) is 5.63. The summed E-state index contributed by atoms with van der Waals surface area (Å²) in [5.41, 5.74) is -0.955. The van der Waals surface area contributed by atoms with E-state index in [0.717, 1.165) is 11.3 Å². The van der Waals surface area contributed by atoms with Crippen molar-refractivity contribution in [3.05, 3.63) is 16.5 Å². The molecule has 0 aromatic carbocycles. The fraction of sp³-hybridized carbons (Fsp3) is 0.583. The van der Waals surface area contributed by atoms with Gasteiger partial charge >= 0.3 is 5.97 Å². The van der Waals surface area contributed by atoms with E-state index in [2.05, 4.69) is 0 Å². The van der Waals surface area contributed by atoms with Gasteiger partial charge in [0.15, 0.2) is 0 Å². The molecule has 1 N–H and O–H groups in total. The van der Waals surface area contributed by atoms with Gasteiger partial charge < -0.3 is 5.11 Å². The maximum absolute atomic E-state index is 12.4. The Morgan fingerprint density at radius 2 is 2.25 bits per heavy atom. The van der Waals surface area contributed by atoms with Crippen LogP contribution in [0.1, 0.15) is 26.2 Å². The van der Waals surface area contributed by atoms with Crippen LogP contribution in [0.3, 0.4) is 0 Å². The monoisotopic (exact) mass is 337 g/mol. The number of sulfonamides is 1. The van der Waals surface area contributed by atoms with Gasteiger partial charge in [0.25, 0.3) is 10.0 Å². The number of hydrogen-bond acceptors (Lipinski definition) is 4. The van der Waals surface area contributed by atoms with Crippen LogP contribution in [0.2, 0.25) is 4.34 Å². The lowest BCUT2D eigenvalue weighted by Gasteiger charge is -2.23. The molecule has 1 fully saturated rings. The molecule has 0 amide bonds. The minimum absolute atomic E-state index is 0.0357. The van der Waals surface area contributed by atoms with Crippen molar-refractivity contribution in [1.29, 1.82) is 0 Å². The number of aliphatic carboxylic acids is 1. The Bertz CT molecular complexity index is 613. The van der Waals surface area contributed by atoms with Gasteiger partial charge in [0, 0.05) is 13.1 Å². The van der Waals surface area contributed by atoms with Crippen LogP contribution in [0.5, 0.6) is 0 Å². The number of hydrogen-bond donors (Lipinski definition) is 1. The predicted octanol–water partition coefficient (Wildman–Crippen LogP) is 2.67. The largest absolute Gasteiger partial charge is 0.481 e. The first kappa shape index (κ1) is 15.8. The van der Waals surface area contributed by atoms with E-state index >= 15 is 0 Å². The number of carboxylic acid groups (broad SMARTS) is 1. The van der Waals surface area contributed by atoms with Crippen LogP contribution >= 0.6 is 22.9 Å². The lowest BCUT2D eigenvalue weighted by atomic mass is 9.83. The molecule has 1 aromatic heterocycles. The summed E-state index contributed by atoms with van der Waals surface area (Å²) in [5, 5.41) is 9.41. The predicted molar refractivity (Wildman–Crippen MR) is 77.7 cm³/mol. The topological polar surface area (TPSA) is 74.7 Å². The van der Waals surface area contributed by atoms with Crippen molar-refractivity contribution in [3.8, 4) is 0 Å². The molecular weight excluding hydrogens is 322 g/mol. The molecule has 8 heteroatoms. The summed E-state index contributed by atoms with van der Waals surface area (Å²) in [6.45, 7) is 2.18. The summed E-state index contributed by atoms with van der Waals surface area (Å²) in [6.07, 6.45) is 1.55. The van der Waals surface area contributed by atoms with Crippen LogP contribution in [0.25, 0.3) is 0 Å². The molecule has 20 heavy (non-hydrogen) atoms. The van der Waals surface area contributed by atoms with Gasteiger partial charge in [-0.05, 0) is 25.0 Å². The van der Waals surface area contributed by atoms with E-state index in [1.54, 1.807) is 0 Å². The summed E-state index contributed by atoms with van der Waals surface area (Å²) >= 11 is 6.76. The molecule has 1 saturated heterocycles. The van der Waals surface area contributed by atoms with E-state index < -0.39 is 21.4 Å². The van der Waals surface area contributed by atoms with Crippen LogP contribution in [-0.2, 0) is 14.8 Å². The van der Waals surface area contributed by atoms with Crippen LogP contribution in [-0.4, -0.2) is 36.9 Å². The van der Waals surface area contributed by atoms with Gasteiger partial charge in [0.05, 0.1) is 9.75 Å². The molecule has 0 bridgehead atoms. The van der Waals surface area contributed by atoms with E-state index in [1.807, 2.05) is 6.92 Å². The number of carboxylic acids is 1. The van der Waals surface area contributed by atoms with E-state index in [1.165, 1.54) is 16.4 Å². The average molecular weight is 338 g/mol. The van der Waals surface area contributed by atoms with E-state index in [-0.39, 0.29) is 17.3 Å². The minimum Gasteiger partial charge on any atom is -0.481 e. The van der Waals surface area contributed by atoms with Crippen LogP contribution in [0.15, 0.2) is 16.3 Å². The molecule has 1 atom stereocenters. The van der Waals surface area contributed by atoms with E-state index in [4.69, 9.17) is 11.6 Å². The Morgan fingerprint density at radius 3 is 2.75 bits per heavy atom. The number of thiophene rings is 1. The second-order valence-electron chi connectivity index (χ2n) is 4.98. The van der Waals surface area contributed by atoms with Gasteiger partial charge in [0.1, 0.15) is 4.21 Å². The molecule has 2 heterocycles. The van der Waals surface area contributed by atoms with Crippen LogP contribution in [0, 0.1) is 5.41 Å². The summed E-state index contributed by atoms with van der Waals surface area (Å²) in [7, 11) is -3.64. The van der Waals surface area contributed by atoms with Crippen LogP contribution < -0.4 is 0 Å². The standard InChI is InChI=1S/C12H16ClNO4S2/c1-2-5-12(11(15)16)6-7-14(8-12)20(17,18)10-4-3-9(13)19-10/h3-4H,2,5-8H2,1H3,(H,15,16). The van der Waals surface area contributed by atoms with E-state index in [9.17, 15) is 18.3 Å². The van der Waals surface area contributed by atoms with Gasteiger partial charge in [-0.25, -0.2) is 8.42 Å². The van der Waals surface area contributed by atoms with Gasteiger partial charge in [0.2, 0.25) is 0 Å². The molecule has 0 aliphatic carbocycles. The molecule has 1 aliphatic rings. The third kappa shape index (κ3) is 2.72. The zero-order valence-corrected chi connectivity index (χ0v) is 13.4. The summed E-state index contributed by atoms with van der Waals surface area (Å²) in [5.74, 6) is -0.915. The lowest BCUT2D eigenvalue weighted by molar-refractivity contribution is -0.148. The molecule has 112 valence electrons. The maximum atomic E-state index is 12.4. The molecule has 5 nitrogen and oxygen atoms in total. The first-order valence-electron chi connectivity index (χ1n) is 6.31. The zero-order chi connectivity index (χ0) is 15.0. The highest BCUT2D eigenvalue weighted by Crippen LogP contribution is 2.39. The van der Waals surface area contributed by atoms with Crippen molar-refractivity contribution >= 4 is 38.9 Å². The second-order valence-corrected chi connectivity index (χ2v) is 8.86. The number of rotatable bonds is 5. The van der Waals surface area contributed by atoms with Gasteiger partial charge in [-0.15, -0.1) is 11.3 Å². The highest BCUT2D eigenvalue weighted by atomic mass is 35.5. The first-order chi connectivity index (χ1) is 9.32. The third-order valence-electron chi connectivity index (χ3n) is 3.64. The highest BCUT2D eigenvalue weighted by Gasteiger charge is 2.47. The number of nitrogens with zero attached hydrogens (tertiary/aromatic N) is 1. The Hall–Kier alpha value is -0.630. The fourth-order valence-corrected chi connectivity index (χ4v) is 5.73. The van der Waals surface area contributed by atoms with Crippen molar-refractivity contribution in [1.82, 2.24) is 4.31 Å². The molecule has 2 rings (SSSR count). The summed E-state index contributed by atoms with van der Waals surface area (Å²) in [4.78, 5) is 11.5. The molecule has 1 aromatic rings. The van der Waals surface area contributed by atoms with Crippen molar-refractivity contribution in [2.45, 2.75) is 30.4 Å². The Morgan fingerprint density at radius 1 is 1.55 bits per heavy atom. The number of halogens is 1. The van der Waals surface area contributed by atoms with E-state index in [0.29, 0.717) is 23.6 Å². The minimum atomic E-state index is -3.64. The SMILES string of the molecule is CCCC1(C(=O)O)CCN(S(=O)(=O)c2ccc(Cl)s2)C1. The zero-order valence-electron chi connectivity index (χ0n) is 11.0. The molecule has 1 unspecified atom stereocenters. The van der Waals surface area contributed by atoms with Crippen molar-refractivity contribution in [2.24, 2.45) is 5.41 Å². The van der Waals surface area contributed by atoms with Gasteiger partial charge in [-0.2, -0.15) is 4.31 Å². The smallest absolute Gasteiger partial charge is 0.311 e. The molecule has 1 aliphatic heterocycles. The third-order valence-corrected chi connectivity index (χ3v) is 7.19. The lowest BCUT2D eigenvalue weighted by Crippen LogP contribution is -2.36. The fourth-order valence-electron chi connectivity index (χ4n) is 2.57. The average Bonchev–Trinajstić information content (AvgIpc) is 2.97. The maximum Gasteiger partial charge on any atom is 0.311 e. The Kier molecular flexibility index (Phi) is 4.44. The van der Waals surface area contributed by atoms with Crippen molar-refractivity contribution < 1.29 is 18.3 Å². The Labute approximate surface area is 127 Å². The first-order valence-corrected chi connectivity index (χ1v) is 8.94. The van der Waals surface area contributed by atoms with Gasteiger partial charge in [-0.1, -0.05) is 24.9 Å². The summed E-state index contributed by atoms with van der Waals surface area (Å²) in [6, 6.07) is 2.99. The van der Waals surface area contributed by atoms with Gasteiger partial charge in [-0.3, -0.25) is 4.79 Å². The summed E-state index contributed by atoms with van der Waals surface area (Å²) < 4.78 is 26.7. The molecule has 0 saturated carbocycles. The normalized spacial score (nSPS) is 24.1. The molecular formula is C12H16ClNO4S2. The van der Waals surface area contributed by atoms with Crippen molar-refractivity contribution in [2.75, 3.05) is 13.1 Å². The molecule has 0 spiro atoms. The molecule has 0 radical (unpaired) electrons. The highest BCUT2D eigenvalue weighted by molar-refractivity contribution is 7.91. The Balaban J connectivity index is 2.26. The van der Waals surface area contributed by atoms with Crippen LogP contribution in [0.4, 0.5) is 0 Å². The number of carbonyl (C=O) groups is 1. The van der Waals surface area contributed by atoms with Crippen molar-refractivity contribution in [3.63, 3.8) is 0 Å². The quantitative estimate of drug-likeness (QED) is 0.896.